The Labute approximate surface area is 91.9 Å². The molecule has 1 fully saturated rings. The van der Waals surface area contributed by atoms with Crippen molar-refractivity contribution in [2.45, 2.75) is 29.8 Å². The third-order valence-electron chi connectivity index (χ3n) is 2.44. The van der Waals surface area contributed by atoms with Crippen LogP contribution in [-0.2, 0) is 0 Å². The van der Waals surface area contributed by atoms with Crippen LogP contribution in [0.3, 0.4) is 0 Å². The lowest BCUT2D eigenvalue weighted by atomic mass is 10.0. The first-order chi connectivity index (χ1) is 7.07. The molecule has 0 aromatic heterocycles. The zero-order chi connectivity index (χ0) is 11.4. The highest BCUT2D eigenvalue weighted by molar-refractivity contribution is 7.99. The van der Waals surface area contributed by atoms with Crippen molar-refractivity contribution in [3.05, 3.63) is 0 Å². The van der Waals surface area contributed by atoms with E-state index in [1.165, 1.54) is 11.8 Å². The molecule has 7 heteroatoms. The Morgan fingerprint density at radius 2 is 1.87 bits per heavy atom. The van der Waals surface area contributed by atoms with Gasteiger partial charge >= 0.3 is 0 Å². The maximum Gasteiger partial charge on any atom is 0.162 e. The first-order valence-electron chi connectivity index (χ1n) is 4.86. The Hall–Kier alpha value is 0.110. The summed E-state index contributed by atoms with van der Waals surface area (Å²) >= 11 is 1.49. The number of quaternary nitrogens is 1. The first kappa shape index (κ1) is 13.2. The lowest BCUT2D eigenvalue weighted by Gasteiger charge is -2.26. The normalized spacial score (nSPS) is 29.8. The van der Waals surface area contributed by atoms with Gasteiger partial charge in [0.05, 0.1) is 13.2 Å². The first-order valence-corrected chi connectivity index (χ1v) is 5.91. The Bertz CT molecular complexity index is 190. The van der Waals surface area contributed by atoms with E-state index in [4.69, 9.17) is 10.2 Å². The fourth-order valence-electron chi connectivity index (χ4n) is 1.47. The van der Waals surface area contributed by atoms with Gasteiger partial charge in [0.1, 0.15) is 24.4 Å². The summed E-state index contributed by atoms with van der Waals surface area (Å²) in [5, 5.41) is 47.9. The average molecular weight is 240 g/mol. The van der Waals surface area contributed by atoms with Gasteiger partial charge in [-0.3, -0.25) is 0 Å². The average Bonchev–Trinajstić information content (AvgIpc) is 2.78. The van der Waals surface area contributed by atoms with Crippen LogP contribution < -0.4 is 5.32 Å². The van der Waals surface area contributed by atoms with Crippen LogP contribution in [0.25, 0.3) is 0 Å². The minimum Gasteiger partial charge on any atom is -0.394 e. The van der Waals surface area contributed by atoms with E-state index in [-0.39, 0.29) is 5.37 Å². The Balaban J connectivity index is 2.46. The van der Waals surface area contributed by atoms with E-state index in [1.807, 2.05) is 5.32 Å². The molecule has 0 spiro atoms. The molecule has 0 saturated carbocycles. The molecule has 15 heavy (non-hydrogen) atoms. The van der Waals surface area contributed by atoms with Crippen molar-refractivity contribution in [1.29, 1.82) is 0 Å². The van der Waals surface area contributed by atoms with Crippen molar-refractivity contribution in [1.82, 2.24) is 0 Å². The molecule has 0 amide bonds. The van der Waals surface area contributed by atoms with Crippen LogP contribution in [-0.4, -0.2) is 74.2 Å². The van der Waals surface area contributed by atoms with Crippen molar-refractivity contribution in [2.24, 2.45) is 0 Å². The predicted molar refractivity (Wildman–Crippen MR) is 54.2 cm³/mol. The molecule has 7 N–H and O–H groups in total. The molecule has 0 unspecified atom stereocenters. The van der Waals surface area contributed by atoms with Gasteiger partial charge in [-0.2, -0.15) is 0 Å². The molecule has 5 atom stereocenters. The number of thioether (sulfide) groups is 1. The smallest absolute Gasteiger partial charge is 0.162 e. The summed E-state index contributed by atoms with van der Waals surface area (Å²) in [6.45, 7) is 0.213. The summed E-state index contributed by atoms with van der Waals surface area (Å²) in [7, 11) is 0. The van der Waals surface area contributed by atoms with E-state index in [9.17, 15) is 15.3 Å². The molecule has 90 valence electrons. The van der Waals surface area contributed by atoms with E-state index in [1.54, 1.807) is 0 Å². The van der Waals surface area contributed by atoms with Crippen molar-refractivity contribution < 1.29 is 30.8 Å². The second-order valence-corrected chi connectivity index (χ2v) is 4.87. The van der Waals surface area contributed by atoms with E-state index in [0.717, 1.165) is 12.3 Å². The van der Waals surface area contributed by atoms with Crippen LogP contribution in [0.15, 0.2) is 0 Å². The number of nitrogens with two attached hydrogens (primary N) is 1. The highest BCUT2D eigenvalue weighted by atomic mass is 32.2. The quantitative estimate of drug-likeness (QED) is 0.292. The van der Waals surface area contributed by atoms with Crippen molar-refractivity contribution in [2.75, 3.05) is 18.9 Å². The summed E-state index contributed by atoms with van der Waals surface area (Å²) in [5.41, 5.74) is 0. The summed E-state index contributed by atoms with van der Waals surface area (Å²) in [5.74, 6) is 0.882. The highest BCUT2D eigenvalue weighted by Crippen LogP contribution is 2.16. The van der Waals surface area contributed by atoms with Crippen LogP contribution in [0.2, 0.25) is 0 Å². The van der Waals surface area contributed by atoms with Crippen molar-refractivity contribution in [3.8, 4) is 0 Å². The van der Waals surface area contributed by atoms with Gasteiger partial charge in [0.2, 0.25) is 0 Å². The number of aliphatic hydroxyl groups excluding tert-OH is 5. The van der Waals surface area contributed by atoms with Gasteiger partial charge in [-0.05, 0) is 0 Å². The molecule has 0 aromatic rings. The second-order valence-electron chi connectivity index (χ2n) is 3.58. The molecule has 1 heterocycles. The van der Waals surface area contributed by atoms with Gasteiger partial charge in [0.25, 0.3) is 0 Å². The van der Waals surface area contributed by atoms with Gasteiger partial charge in [-0.15, -0.1) is 0 Å². The topological polar surface area (TPSA) is 118 Å². The van der Waals surface area contributed by atoms with E-state index in [2.05, 4.69) is 0 Å². The molecule has 1 aliphatic heterocycles. The molecule has 6 nitrogen and oxygen atoms in total. The van der Waals surface area contributed by atoms with Gasteiger partial charge in [-0.1, -0.05) is 11.8 Å². The van der Waals surface area contributed by atoms with Crippen LogP contribution in [0, 0.1) is 0 Å². The predicted octanol–water partition coefficient (Wildman–Crippen LogP) is -3.94. The van der Waals surface area contributed by atoms with Crippen LogP contribution in [0.5, 0.6) is 0 Å². The number of rotatable bonds is 5. The van der Waals surface area contributed by atoms with Gasteiger partial charge in [0, 0.05) is 5.75 Å². The lowest BCUT2D eigenvalue weighted by Crippen LogP contribution is -2.89. The van der Waals surface area contributed by atoms with E-state index >= 15 is 0 Å². The zero-order valence-electron chi connectivity index (χ0n) is 8.23. The fraction of sp³-hybridized carbons (Fsp3) is 1.00. The monoisotopic (exact) mass is 240 g/mol. The van der Waals surface area contributed by atoms with E-state index < -0.39 is 31.0 Å². The minimum atomic E-state index is -1.53. The van der Waals surface area contributed by atoms with Crippen LogP contribution in [0.1, 0.15) is 0 Å². The third-order valence-corrected chi connectivity index (χ3v) is 3.77. The molecule has 1 saturated heterocycles. The van der Waals surface area contributed by atoms with Crippen molar-refractivity contribution >= 4 is 11.8 Å². The summed E-state index contributed by atoms with van der Waals surface area (Å²) in [4.78, 5) is 0. The molecular formula is C8H18NO5S+. The molecule has 0 aliphatic carbocycles. The standard InChI is InChI=1S/C8H17NO5S/c10-3-4(11)5(12)6(13)7(14)8-9-1-2-15-8/h4-14H,1-3H2/p+1/t4-,5-,6+,7+,8+/m0/s1. The van der Waals surface area contributed by atoms with Gasteiger partial charge in [0.15, 0.2) is 5.37 Å². The SMILES string of the molecule is OC[C@H](O)[C@H](O)[C@@H](O)[C@@H](O)[C@@H]1[NH2+]CCS1. The summed E-state index contributed by atoms with van der Waals surface area (Å²) in [6, 6.07) is 0. The number of hydrogen-bond acceptors (Lipinski definition) is 6. The lowest BCUT2D eigenvalue weighted by molar-refractivity contribution is -0.665. The zero-order valence-corrected chi connectivity index (χ0v) is 9.05. The molecular weight excluding hydrogens is 222 g/mol. The summed E-state index contributed by atoms with van der Waals surface area (Å²) in [6.07, 6.45) is -5.52. The minimum absolute atomic E-state index is 0.222. The molecule has 1 aliphatic rings. The Morgan fingerprint density at radius 1 is 1.20 bits per heavy atom. The summed E-state index contributed by atoms with van der Waals surface area (Å²) < 4.78 is 0. The number of aliphatic hydroxyl groups is 5. The maximum atomic E-state index is 9.68. The third kappa shape index (κ3) is 3.28. The largest absolute Gasteiger partial charge is 0.394 e. The van der Waals surface area contributed by atoms with Crippen LogP contribution >= 0.6 is 11.8 Å². The van der Waals surface area contributed by atoms with Crippen LogP contribution in [0.4, 0.5) is 0 Å². The number of hydrogen-bond donors (Lipinski definition) is 6. The van der Waals surface area contributed by atoms with Gasteiger partial charge in [-0.25, -0.2) is 0 Å². The Kier molecular flexibility index (Phi) is 5.27. The Morgan fingerprint density at radius 3 is 2.33 bits per heavy atom. The highest BCUT2D eigenvalue weighted by Gasteiger charge is 2.38. The van der Waals surface area contributed by atoms with Gasteiger partial charge < -0.3 is 30.8 Å². The maximum absolute atomic E-state index is 9.68. The molecule has 0 aromatic carbocycles. The van der Waals surface area contributed by atoms with E-state index in [0.29, 0.717) is 0 Å². The molecule has 1 rings (SSSR count). The fourth-order valence-corrected chi connectivity index (χ4v) is 2.65. The molecule has 0 bridgehead atoms. The van der Waals surface area contributed by atoms with Crippen molar-refractivity contribution in [3.63, 3.8) is 0 Å². The molecule has 0 radical (unpaired) electrons. The second kappa shape index (κ2) is 6.00.